The summed E-state index contributed by atoms with van der Waals surface area (Å²) in [5, 5.41) is 6.89. The van der Waals surface area contributed by atoms with Crippen LogP contribution in [0.15, 0.2) is 16.6 Å². The zero-order chi connectivity index (χ0) is 10.4. The first-order valence-corrected chi connectivity index (χ1v) is 4.01. The molecule has 0 spiro atoms. The fraction of sp³-hybridized carbons (Fsp3) is 0.125. The molecule has 0 radical (unpaired) electrons. The van der Waals surface area contributed by atoms with Crippen molar-refractivity contribution < 1.29 is 18.7 Å². The standard InChI is InChI=1S/C7H5BrF2.CH2O2/c1-4-2-3-5(8)7(10)6(4)9;2-1-3/h2-3H,1H3;1H,(H,2,3). The molecule has 0 amide bonds. The number of carbonyl (C=O) groups is 1. The van der Waals surface area contributed by atoms with Gasteiger partial charge in [0.25, 0.3) is 6.47 Å². The number of halogens is 3. The molecular weight excluding hydrogens is 246 g/mol. The van der Waals surface area contributed by atoms with Crippen molar-refractivity contribution in [1.29, 1.82) is 0 Å². The molecule has 0 aromatic heterocycles. The molecule has 5 heteroatoms. The van der Waals surface area contributed by atoms with Gasteiger partial charge in [0, 0.05) is 0 Å². The van der Waals surface area contributed by atoms with E-state index in [0.29, 0.717) is 5.56 Å². The third-order valence-corrected chi connectivity index (χ3v) is 1.84. The van der Waals surface area contributed by atoms with Crippen molar-refractivity contribution in [3.05, 3.63) is 33.8 Å². The second-order valence-corrected chi connectivity index (χ2v) is 2.95. The van der Waals surface area contributed by atoms with Gasteiger partial charge in [-0.15, -0.1) is 0 Å². The first kappa shape index (κ1) is 12.0. The van der Waals surface area contributed by atoms with Gasteiger partial charge in [-0.1, -0.05) is 6.07 Å². The minimum Gasteiger partial charge on any atom is -0.483 e. The highest BCUT2D eigenvalue weighted by Crippen LogP contribution is 2.19. The maximum absolute atomic E-state index is 12.6. The topological polar surface area (TPSA) is 37.3 Å². The number of benzene rings is 1. The van der Waals surface area contributed by atoms with Gasteiger partial charge in [-0.2, -0.15) is 0 Å². The number of aryl methyl sites for hydroxylation is 1. The lowest BCUT2D eigenvalue weighted by Crippen LogP contribution is -1.88. The van der Waals surface area contributed by atoms with Gasteiger partial charge in [-0.05, 0) is 34.5 Å². The summed E-state index contributed by atoms with van der Waals surface area (Å²) in [6.45, 7) is 1.27. The maximum atomic E-state index is 12.6. The molecule has 13 heavy (non-hydrogen) atoms. The molecule has 0 saturated carbocycles. The van der Waals surface area contributed by atoms with Crippen LogP contribution in [0.2, 0.25) is 0 Å². The van der Waals surface area contributed by atoms with Crippen LogP contribution in [0.3, 0.4) is 0 Å². The summed E-state index contributed by atoms with van der Waals surface area (Å²) >= 11 is 2.87. The number of rotatable bonds is 0. The van der Waals surface area contributed by atoms with E-state index >= 15 is 0 Å². The Morgan fingerprint density at radius 1 is 1.38 bits per heavy atom. The van der Waals surface area contributed by atoms with E-state index in [-0.39, 0.29) is 10.9 Å². The first-order valence-electron chi connectivity index (χ1n) is 3.22. The Labute approximate surface area is 82.3 Å². The van der Waals surface area contributed by atoms with Crippen LogP contribution in [0.1, 0.15) is 5.56 Å². The van der Waals surface area contributed by atoms with Gasteiger partial charge in [-0.3, -0.25) is 4.79 Å². The normalized spacial score (nSPS) is 8.62. The van der Waals surface area contributed by atoms with Crippen molar-refractivity contribution in [1.82, 2.24) is 0 Å². The van der Waals surface area contributed by atoms with Gasteiger partial charge in [0.2, 0.25) is 0 Å². The van der Waals surface area contributed by atoms with Crippen LogP contribution in [0.4, 0.5) is 8.78 Å². The molecule has 1 N–H and O–H groups in total. The minimum atomic E-state index is -0.819. The summed E-state index contributed by atoms with van der Waals surface area (Å²) < 4.78 is 25.3. The quantitative estimate of drug-likeness (QED) is 0.570. The second kappa shape index (κ2) is 5.64. The predicted molar refractivity (Wildman–Crippen MR) is 47.5 cm³/mol. The Hall–Kier alpha value is -0.970. The molecule has 0 aliphatic heterocycles. The zero-order valence-corrected chi connectivity index (χ0v) is 8.31. The fourth-order valence-corrected chi connectivity index (χ4v) is 0.929. The molecule has 72 valence electrons. The number of hydrogen-bond donors (Lipinski definition) is 1. The van der Waals surface area contributed by atoms with E-state index in [1.165, 1.54) is 19.1 Å². The van der Waals surface area contributed by atoms with Crippen molar-refractivity contribution in [3.63, 3.8) is 0 Å². The molecule has 0 bridgehead atoms. The van der Waals surface area contributed by atoms with E-state index in [9.17, 15) is 8.78 Å². The lowest BCUT2D eigenvalue weighted by Gasteiger charge is -1.97. The Morgan fingerprint density at radius 3 is 2.23 bits per heavy atom. The largest absolute Gasteiger partial charge is 0.483 e. The molecule has 1 aromatic rings. The molecule has 0 atom stereocenters. The molecule has 0 saturated heterocycles. The summed E-state index contributed by atoms with van der Waals surface area (Å²) in [5.74, 6) is -1.60. The molecule has 2 nitrogen and oxygen atoms in total. The highest BCUT2D eigenvalue weighted by molar-refractivity contribution is 9.10. The van der Waals surface area contributed by atoms with Crippen LogP contribution < -0.4 is 0 Å². The van der Waals surface area contributed by atoms with Crippen LogP contribution in [-0.4, -0.2) is 11.6 Å². The summed E-state index contributed by atoms with van der Waals surface area (Å²) in [4.78, 5) is 8.36. The highest BCUT2D eigenvalue weighted by atomic mass is 79.9. The van der Waals surface area contributed by atoms with E-state index in [0.717, 1.165) is 0 Å². The molecule has 1 aromatic carbocycles. The lowest BCUT2D eigenvalue weighted by atomic mass is 10.2. The first-order chi connectivity index (χ1) is 6.04. The van der Waals surface area contributed by atoms with Gasteiger partial charge >= 0.3 is 0 Å². The summed E-state index contributed by atoms with van der Waals surface area (Å²) in [5.41, 5.74) is 0.320. The van der Waals surface area contributed by atoms with Crippen molar-refractivity contribution in [2.75, 3.05) is 0 Å². The van der Waals surface area contributed by atoms with E-state index in [2.05, 4.69) is 15.9 Å². The van der Waals surface area contributed by atoms with E-state index in [4.69, 9.17) is 9.90 Å². The van der Waals surface area contributed by atoms with Crippen LogP contribution in [0.5, 0.6) is 0 Å². The van der Waals surface area contributed by atoms with Gasteiger partial charge in [-0.25, -0.2) is 8.78 Å². The zero-order valence-electron chi connectivity index (χ0n) is 6.72. The average Bonchev–Trinajstić information content (AvgIpc) is 2.10. The summed E-state index contributed by atoms with van der Waals surface area (Å²) in [6.07, 6.45) is 0. The van der Waals surface area contributed by atoms with Crippen molar-refractivity contribution >= 4 is 22.4 Å². The Balaban J connectivity index is 0.000000424. The molecule has 1 rings (SSSR count). The molecule has 0 heterocycles. The smallest absolute Gasteiger partial charge is 0.290 e. The van der Waals surface area contributed by atoms with Crippen molar-refractivity contribution in [2.24, 2.45) is 0 Å². The van der Waals surface area contributed by atoms with Crippen molar-refractivity contribution in [3.8, 4) is 0 Å². The molecule has 0 fully saturated rings. The molecular formula is C8H7BrF2O2. The molecule has 0 aliphatic carbocycles. The summed E-state index contributed by atoms with van der Waals surface area (Å²) in [7, 11) is 0. The summed E-state index contributed by atoms with van der Waals surface area (Å²) in [6, 6.07) is 3.00. The van der Waals surface area contributed by atoms with Crippen molar-refractivity contribution in [2.45, 2.75) is 6.92 Å². The number of hydrogen-bond acceptors (Lipinski definition) is 1. The van der Waals surface area contributed by atoms with Crippen LogP contribution in [0, 0.1) is 18.6 Å². The lowest BCUT2D eigenvalue weighted by molar-refractivity contribution is -0.122. The van der Waals surface area contributed by atoms with Crippen LogP contribution >= 0.6 is 15.9 Å². The molecule has 0 unspecified atom stereocenters. The van der Waals surface area contributed by atoms with E-state index < -0.39 is 11.6 Å². The minimum absolute atomic E-state index is 0.163. The van der Waals surface area contributed by atoms with Gasteiger partial charge < -0.3 is 5.11 Å². The Morgan fingerprint density at radius 2 is 1.85 bits per heavy atom. The predicted octanol–water partition coefficient (Wildman–Crippen LogP) is 2.74. The van der Waals surface area contributed by atoms with Gasteiger partial charge in [0.1, 0.15) is 0 Å². The third-order valence-electron chi connectivity index (χ3n) is 1.23. The van der Waals surface area contributed by atoms with Crippen LogP contribution in [-0.2, 0) is 4.79 Å². The molecule has 0 aliphatic rings. The van der Waals surface area contributed by atoms with E-state index in [1.54, 1.807) is 0 Å². The van der Waals surface area contributed by atoms with E-state index in [1.807, 2.05) is 0 Å². The Bertz CT molecular complexity index is 275. The second-order valence-electron chi connectivity index (χ2n) is 2.10. The maximum Gasteiger partial charge on any atom is 0.290 e. The highest BCUT2D eigenvalue weighted by Gasteiger charge is 2.07. The fourth-order valence-electron chi connectivity index (χ4n) is 0.622. The van der Waals surface area contributed by atoms with Gasteiger partial charge in [0.05, 0.1) is 4.47 Å². The monoisotopic (exact) mass is 252 g/mol. The van der Waals surface area contributed by atoms with Gasteiger partial charge in [0.15, 0.2) is 11.6 Å². The van der Waals surface area contributed by atoms with Crippen LogP contribution in [0.25, 0.3) is 0 Å². The SMILES string of the molecule is Cc1ccc(Br)c(F)c1F.O=CO. The average molecular weight is 253 g/mol. The number of carboxylic acid groups (broad SMARTS) is 1. The Kier molecular flexibility index (Phi) is 5.22. The third kappa shape index (κ3) is 3.50.